The predicted octanol–water partition coefficient (Wildman–Crippen LogP) is 22.4. The average Bonchev–Trinajstić information content (AvgIpc) is 1.06. The van der Waals surface area contributed by atoms with E-state index in [4.69, 9.17) is 37.0 Å². The van der Waals surface area contributed by atoms with Gasteiger partial charge in [0.15, 0.2) is 12.2 Å². The van der Waals surface area contributed by atoms with Crippen molar-refractivity contribution in [2.24, 2.45) is 23.7 Å². The van der Waals surface area contributed by atoms with E-state index in [-0.39, 0.29) is 25.7 Å². The molecule has 0 aliphatic rings. The Morgan fingerprint density at radius 3 is 0.646 bits per heavy atom. The van der Waals surface area contributed by atoms with Crippen molar-refractivity contribution < 1.29 is 80.2 Å². The lowest BCUT2D eigenvalue weighted by Gasteiger charge is -2.21. The van der Waals surface area contributed by atoms with Gasteiger partial charge in [0.1, 0.15) is 19.3 Å². The van der Waals surface area contributed by atoms with Crippen LogP contribution in [0.2, 0.25) is 0 Å². The van der Waals surface area contributed by atoms with Crippen molar-refractivity contribution in [1.29, 1.82) is 0 Å². The highest BCUT2D eigenvalue weighted by molar-refractivity contribution is 7.47. The molecule has 0 saturated carbocycles. The monoisotopic (exact) mass is 1410 g/mol. The highest BCUT2D eigenvalue weighted by Crippen LogP contribution is 2.45. The third kappa shape index (κ3) is 70.5. The molecule has 0 fully saturated rings. The lowest BCUT2D eigenvalue weighted by atomic mass is 10.0. The Hall–Kier alpha value is -1.94. The van der Waals surface area contributed by atoms with Crippen LogP contribution >= 0.6 is 15.6 Å². The zero-order valence-corrected chi connectivity index (χ0v) is 64.8. The summed E-state index contributed by atoms with van der Waals surface area (Å²) in [5, 5.41) is 10.6. The fourth-order valence-electron chi connectivity index (χ4n) is 11.7. The van der Waals surface area contributed by atoms with Gasteiger partial charge in [-0.2, -0.15) is 0 Å². The van der Waals surface area contributed by atoms with Gasteiger partial charge in [0, 0.05) is 25.7 Å². The molecule has 0 rings (SSSR count). The summed E-state index contributed by atoms with van der Waals surface area (Å²) in [6.07, 6.45) is 51.7. The van der Waals surface area contributed by atoms with E-state index < -0.39 is 97.5 Å². The Labute approximate surface area is 588 Å². The predicted molar refractivity (Wildman–Crippen MR) is 391 cm³/mol. The van der Waals surface area contributed by atoms with Crippen LogP contribution in [0.4, 0.5) is 0 Å². The zero-order chi connectivity index (χ0) is 71.0. The maximum Gasteiger partial charge on any atom is 0.472 e. The molecule has 0 aromatic heterocycles. The first kappa shape index (κ1) is 94.1. The van der Waals surface area contributed by atoms with Crippen LogP contribution in [0.1, 0.15) is 389 Å². The Kier molecular flexibility index (Phi) is 65.0. The lowest BCUT2D eigenvalue weighted by molar-refractivity contribution is -0.161. The molecule has 19 heteroatoms. The number of phosphoric ester groups is 2. The van der Waals surface area contributed by atoms with Gasteiger partial charge in [-0.25, -0.2) is 9.13 Å². The van der Waals surface area contributed by atoms with Crippen LogP contribution in [0.25, 0.3) is 0 Å². The van der Waals surface area contributed by atoms with Gasteiger partial charge in [0.25, 0.3) is 0 Å². The van der Waals surface area contributed by atoms with E-state index in [1.54, 1.807) is 0 Å². The summed E-state index contributed by atoms with van der Waals surface area (Å²) in [4.78, 5) is 72.8. The standard InChI is InChI=1S/C77H150O17P2/c1-67(2)53-45-37-29-23-19-15-13-11-9-10-12-14-16-22-26-33-43-51-59-76(81)93-73(64-88-75(80)58-50-42-36-35-40-48-56-70(7)8)66-92-96(85,86)90-62-71(78)61-89-95(83,84)91-65-72(94-77(82)60-52-44-34-28-27-31-39-47-55-69(5)6)63-87-74(79)57-49-41-32-25-21-18-17-20-24-30-38-46-54-68(3)4/h67-73,78H,9-66H2,1-8H3,(H,83,84)(H,85,86)/t71?,72-,73-/m1/s1. The molecule has 0 amide bonds. The Morgan fingerprint density at radius 1 is 0.260 bits per heavy atom. The van der Waals surface area contributed by atoms with Crippen LogP contribution in [0.5, 0.6) is 0 Å². The number of aliphatic hydroxyl groups excluding tert-OH is 1. The summed E-state index contributed by atoms with van der Waals surface area (Å²) in [5.41, 5.74) is 0. The van der Waals surface area contributed by atoms with Crippen LogP contribution < -0.4 is 0 Å². The van der Waals surface area contributed by atoms with Crippen molar-refractivity contribution in [2.75, 3.05) is 39.6 Å². The van der Waals surface area contributed by atoms with Crippen molar-refractivity contribution in [3.05, 3.63) is 0 Å². The summed E-state index contributed by atoms with van der Waals surface area (Å²) in [6.45, 7) is 14.1. The topological polar surface area (TPSA) is 237 Å². The summed E-state index contributed by atoms with van der Waals surface area (Å²) in [7, 11) is -9.91. The average molecular weight is 1410 g/mol. The molecule has 570 valence electrons. The van der Waals surface area contributed by atoms with E-state index in [1.807, 2.05) is 0 Å². The van der Waals surface area contributed by atoms with E-state index in [1.165, 1.54) is 186 Å². The van der Waals surface area contributed by atoms with E-state index >= 15 is 0 Å². The second kappa shape index (κ2) is 66.3. The number of hydrogen-bond acceptors (Lipinski definition) is 15. The fourth-order valence-corrected chi connectivity index (χ4v) is 13.3. The largest absolute Gasteiger partial charge is 0.472 e. The summed E-state index contributed by atoms with van der Waals surface area (Å²) >= 11 is 0. The quantitative estimate of drug-likeness (QED) is 0.0222. The maximum atomic E-state index is 13.1. The molecule has 3 unspecified atom stereocenters. The molecule has 3 N–H and O–H groups in total. The van der Waals surface area contributed by atoms with Crippen molar-refractivity contribution in [3.63, 3.8) is 0 Å². The van der Waals surface area contributed by atoms with Gasteiger partial charge in [-0.1, -0.05) is 338 Å². The number of aliphatic hydroxyl groups is 1. The van der Waals surface area contributed by atoms with E-state index in [0.717, 1.165) is 114 Å². The van der Waals surface area contributed by atoms with Crippen molar-refractivity contribution in [3.8, 4) is 0 Å². The van der Waals surface area contributed by atoms with Crippen LogP contribution in [-0.2, 0) is 65.4 Å². The Morgan fingerprint density at radius 2 is 0.438 bits per heavy atom. The summed E-state index contributed by atoms with van der Waals surface area (Å²) in [6, 6.07) is 0. The Balaban J connectivity index is 5.16. The number of rotatable bonds is 74. The number of carbonyl (C=O) groups excluding carboxylic acids is 4. The van der Waals surface area contributed by atoms with Crippen LogP contribution in [0.15, 0.2) is 0 Å². The number of unbranched alkanes of at least 4 members (excludes halogenated alkanes) is 40. The number of carbonyl (C=O) groups is 4. The second-order valence-electron chi connectivity index (χ2n) is 29.7. The first-order chi connectivity index (χ1) is 46.1. The highest BCUT2D eigenvalue weighted by atomic mass is 31.2. The molecule has 5 atom stereocenters. The van der Waals surface area contributed by atoms with Crippen molar-refractivity contribution in [1.82, 2.24) is 0 Å². The zero-order valence-electron chi connectivity index (χ0n) is 63.0. The molecule has 0 aromatic rings. The molecular formula is C77H150O17P2. The number of ether oxygens (including phenoxy) is 4. The normalized spacial score (nSPS) is 14.1. The van der Waals surface area contributed by atoms with Gasteiger partial charge in [0.05, 0.1) is 26.4 Å². The second-order valence-corrected chi connectivity index (χ2v) is 32.6. The first-order valence-corrected chi connectivity index (χ1v) is 42.7. The van der Waals surface area contributed by atoms with Gasteiger partial charge >= 0.3 is 39.5 Å². The smallest absolute Gasteiger partial charge is 0.462 e. The summed E-state index contributed by atoms with van der Waals surface area (Å²) < 4.78 is 68.5. The molecule has 0 spiro atoms. The minimum absolute atomic E-state index is 0.104. The van der Waals surface area contributed by atoms with Gasteiger partial charge in [-0.3, -0.25) is 37.3 Å². The van der Waals surface area contributed by atoms with Crippen molar-refractivity contribution >= 4 is 39.5 Å². The Bertz CT molecular complexity index is 1880. The van der Waals surface area contributed by atoms with Gasteiger partial charge in [0.2, 0.25) is 0 Å². The van der Waals surface area contributed by atoms with Gasteiger partial charge < -0.3 is 33.8 Å². The van der Waals surface area contributed by atoms with E-state index in [9.17, 15) is 43.2 Å². The number of hydrogen-bond donors (Lipinski definition) is 3. The maximum absolute atomic E-state index is 13.1. The molecule has 0 radical (unpaired) electrons. The van der Waals surface area contributed by atoms with Crippen LogP contribution in [0.3, 0.4) is 0 Å². The molecule has 0 saturated heterocycles. The van der Waals surface area contributed by atoms with Gasteiger partial charge in [-0.05, 0) is 49.4 Å². The lowest BCUT2D eigenvalue weighted by Crippen LogP contribution is -2.30. The van der Waals surface area contributed by atoms with Crippen molar-refractivity contribution in [2.45, 2.75) is 408 Å². The highest BCUT2D eigenvalue weighted by Gasteiger charge is 2.30. The molecule has 0 heterocycles. The SMILES string of the molecule is CC(C)CCCCCCCCCCCCCCCCCCCCC(=O)O[C@H](COC(=O)CCCCCCCCC(C)C)COP(=O)(O)OCC(O)COP(=O)(O)OC[C@@H](COC(=O)CCCCCCCCCCCCCCC(C)C)OC(=O)CCCCCCCCCCC(C)C. The van der Waals surface area contributed by atoms with Gasteiger partial charge in [-0.15, -0.1) is 0 Å². The molecule has 96 heavy (non-hydrogen) atoms. The van der Waals surface area contributed by atoms with Crippen LogP contribution in [-0.4, -0.2) is 96.7 Å². The van der Waals surface area contributed by atoms with E-state index in [2.05, 4.69) is 55.4 Å². The van der Waals surface area contributed by atoms with E-state index in [0.29, 0.717) is 31.6 Å². The van der Waals surface area contributed by atoms with Crippen LogP contribution in [0, 0.1) is 23.7 Å². The molecule has 17 nitrogen and oxygen atoms in total. The molecule has 0 aliphatic heterocycles. The first-order valence-electron chi connectivity index (χ1n) is 39.7. The molecule has 0 bridgehead atoms. The minimum Gasteiger partial charge on any atom is -0.462 e. The third-order valence-electron chi connectivity index (χ3n) is 17.8. The number of esters is 4. The number of phosphoric acid groups is 2. The minimum atomic E-state index is -4.96. The third-order valence-corrected chi connectivity index (χ3v) is 19.7. The molecule has 0 aliphatic carbocycles. The fraction of sp³-hybridized carbons (Fsp3) is 0.948. The molecular weight excluding hydrogens is 1260 g/mol. The summed E-state index contributed by atoms with van der Waals surface area (Å²) in [5.74, 6) is 0.876. The molecule has 0 aromatic carbocycles.